The van der Waals surface area contributed by atoms with Gasteiger partial charge in [-0.2, -0.15) is 0 Å². The number of amides is 2. The number of rotatable bonds is 2. The third-order valence-corrected chi connectivity index (χ3v) is 1.91. The first-order chi connectivity index (χ1) is 6.22. The molecule has 4 heteroatoms. The number of hydrogen-bond donors (Lipinski definition) is 2. The fourth-order valence-corrected chi connectivity index (χ4v) is 1.30. The zero-order chi connectivity index (χ0) is 9.68. The van der Waals surface area contributed by atoms with Gasteiger partial charge >= 0.3 is 6.03 Å². The molecule has 1 aromatic carbocycles. The summed E-state index contributed by atoms with van der Waals surface area (Å²) in [7, 11) is 0. The van der Waals surface area contributed by atoms with Crippen LogP contribution in [0.3, 0.4) is 0 Å². The third-order valence-electron chi connectivity index (χ3n) is 1.42. The van der Waals surface area contributed by atoms with Gasteiger partial charge in [0.2, 0.25) is 0 Å². The van der Waals surface area contributed by atoms with Crippen LogP contribution >= 0.6 is 15.9 Å². The predicted octanol–water partition coefficient (Wildman–Crippen LogP) is 2.59. The van der Waals surface area contributed by atoms with E-state index in [4.69, 9.17) is 0 Å². The molecule has 1 aromatic rings. The summed E-state index contributed by atoms with van der Waals surface area (Å²) in [6.07, 6.45) is 0. The second kappa shape index (κ2) is 4.87. The van der Waals surface area contributed by atoms with Crippen LogP contribution in [0.25, 0.3) is 0 Å². The summed E-state index contributed by atoms with van der Waals surface area (Å²) < 4.78 is 0.946. The van der Waals surface area contributed by atoms with E-state index in [1.807, 2.05) is 31.2 Å². The minimum atomic E-state index is -0.180. The lowest BCUT2D eigenvalue weighted by atomic mass is 10.3. The minimum absolute atomic E-state index is 0.180. The molecule has 0 atom stereocenters. The molecular formula is C9H11BrN2O. The van der Waals surface area contributed by atoms with Gasteiger partial charge in [-0.05, 0) is 25.1 Å². The van der Waals surface area contributed by atoms with Gasteiger partial charge in [0.15, 0.2) is 0 Å². The molecule has 0 radical (unpaired) electrons. The van der Waals surface area contributed by atoms with E-state index in [2.05, 4.69) is 26.6 Å². The Kier molecular flexibility index (Phi) is 3.76. The van der Waals surface area contributed by atoms with Gasteiger partial charge in [-0.15, -0.1) is 0 Å². The molecule has 3 nitrogen and oxygen atoms in total. The van der Waals surface area contributed by atoms with E-state index in [9.17, 15) is 4.79 Å². The van der Waals surface area contributed by atoms with Crippen LogP contribution in [0.4, 0.5) is 10.5 Å². The molecule has 0 spiro atoms. The average molecular weight is 243 g/mol. The van der Waals surface area contributed by atoms with E-state index in [1.54, 1.807) is 0 Å². The summed E-state index contributed by atoms with van der Waals surface area (Å²) in [5.74, 6) is 0. The standard InChI is InChI=1S/C9H11BrN2O/c1-2-11-9(13)12-8-5-3-4-7(10)6-8/h3-6H,2H2,1H3,(H2,11,12,13). The van der Waals surface area contributed by atoms with E-state index in [0.29, 0.717) is 6.54 Å². The summed E-state index contributed by atoms with van der Waals surface area (Å²) >= 11 is 3.32. The summed E-state index contributed by atoms with van der Waals surface area (Å²) in [6.45, 7) is 2.50. The number of benzene rings is 1. The molecule has 0 heterocycles. The smallest absolute Gasteiger partial charge is 0.319 e. The van der Waals surface area contributed by atoms with Crippen LogP contribution in [0, 0.1) is 0 Å². The number of carbonyl (C=O) groups is 1. The van der Waals surface area contributed by atoms with Gasteiger partial charge in [-0.1, -0.05) is 22.0 Å². The number of halogens is 1. The fraction of sp³-hybridized carbons (Fsp3) is 0.222. The van der Waals surface area contributed by atoms with Gasteiger partial charge in [-0.3, -0.25) is 0 Å². The molecule has 2 N–H and O–H groups in total. The lowest BCUT2D eigenvalue weighted by Crippen LogP contribution is -2.28. The maximum absolute atomic E-state index is 11.1. The first-order valence-corrected chi connectivity index (χ1v) is 4.82. The Hall–Kier alpha value is -1.03. The number of nitrogens with one attached hydrogen (secondary N) is 2. The molecule has 0 aliphatic rings. The van der Waals surface area contributed by atoms with Crippen LogP contribution in [-0.4, -0.2) is 12.6 Å². The summed E-state index contributed by atoms with van der Waals surface area (Å²) in [6, 6.07) is 7.27. The molecule has 0 fully saturated rings. The van der Waals surface area contributed by atoms with Crippen molar-refractivity contribution in [3.63, 3.8) is 0 Å². The van der Waals surface area contributed by atoms with Gasteiger partial charge in [0.1, 0.15) is 0 Å². The SMILES string of the molecule is CCNC(=O)Nc1cccc(Br)c1. The molecule has 0 bridgehead atoms. The fourth-order valence-electron chi connectivity index (χ4n) is 0.902. The van der Waals surface area contributed by atoms with Crippen LogP contribution in [-0.2, 0) is 0 Å². The molecule has 13 heavy (non-hydrogen) atoms. The highest BCUT2D eigenvalue weighted by Gasteiger charge is 1.98. The maximum atomic E-state index is 11.1. The quantitative estimate of drug-likeness (QED) is 0.823. The van der Waals surface area contributed by atoms with Gasteiger partial charge in [0.05, 0.1) is 0 Å². The van der Waals surface area contributed by atoms with Crippen molar-refractivity contribution in [3.05, 3.63) is 28.7 Å². The number of hydrogen-bond acceptors (Lipinski definition) is 1. The molecule has 0 aromatic heterocycles. The van der Waals surface area contributed by atoms with Crippen molar-refractivity contribution in [1.82, 2.24) is 5.32 Å². The Labute approximate surface area is 85.7 Å². The summed E-state index contributed by atoms with van der Waals surface area (Å²) in [5, 5.41) is 5.35. The highest BCUT2D eigenvalue weighted by atomic mass is 79.9. The second-order valence-electron chi connectivity index (χ2n) is 2.49. The highest BCUT2D eigenvalue weighted by Crippen LogP contribution is 2.15. The minimum Gasteiger partial charge on any atom is -0.338 e. The molecule has 2 amide bonds. The number of carbonyl (C=O) groups excluding carboxylic acids is 1. The molecular weight excluding hydrogens is 232 g/mol. The second-order valence-corrected chi connectivity index (χ2v) is 3.41. The molecule has 0 aliphatic heterocycles. The maximum Gasteiger partial charge on any atom is 0.319 e. The van der Waals surface area contributed by atoms with Gasteiger partial charge < -0.3 is 10.6 Å². The monoisotopic (exact) mass is 242 g/mol. The third kappa shape index (κ3) is 3.46. The van der Waals surface area contributed by atoms with Crippen LogP contribution < -0.4 is 10.6 Å². The molecule has 0 saturated heterocycles. The van der Waals surface area contributed by atoms with Gasteiger partial charge in [0, 0.05) is 16.7 Å². The van der Waals surface area contributed by atoms with E-state index >= 15 is 0 Å². The Bertz CT molecular complexity index is 301. The number of urea groups is 1. The molecule has 0 unspecified atom stereocenters. The van der Waals surface area contributed by atoms with Crippen molar-refractivity contribution in [2.45, 2.75) is 6.92 Å². The topological polar surface area (TPSA) is 41.1 Å². The van der Waals surface area contributed by atoms with Gasteiger partial charge in [-0.25, -0.2) is 4.79 Å². The molecule has 0 saturated carbocycles. The van der Waals surface area contributed by atoms with Crippen molar-refractivity contribution >= 4 is 27.6 Å². The van der Waals surface area contributed by atoms with E-state index < -0.39 is 0 Å². The first-order valence-electron chi connectivity index (χ1n) is 4.03. The highest BCUT2D eigenvalue weighted by molar-refractivity contribution is 9.10. The summed E-state index contributed by atoms with van der Waals surface area (Å²) in [4.78, 5) is 11.1. The van der Waals surface area contributed by atoms with Crippen LogP contribution in [0.5, 0.6) is 0 Å². The normalized spacial score (nSPS) is 9.38. The zero-order valence-electron chi connectivity index (χ0n) is 7.30. The van der Waals surface area contributed by atoms with Crippen molar-refractivity contribution < 1.29 is 4.79 Å². The molecule has 0 aliphatic carbocycles. The van der Waals surface area contributed by atoms with E-state index in [-0.39, 0.29) is 6.03 Å². The lowest BCUT2D eigenvalue weighted by molar-refractivity contribution is 0.252. The largest absolute Gasteiger partial charge is 0.338 e. The number of anilines is 1. The van der Waals surface area contributed by atoms with Crippen molar-refractivity contribution in [2.75, 3.05) is 11.9 Å². The first kappa shape index (κ1) is 10.1. The van der Waals surface area contributed by atoms with Crippen molar-refractivity contribution in [3.8, 4) is 0 Å². The molecule has 1 rings (SSSR count). The van der Waals surface area contributed by atoms with Gasteiger partial charge in [0.25, 0.3) is 0 Å². The van der Waals surface area contributed by atoms with Crippen LogP contribution in [0.15, 0.2) is 28.7 Å². The van der Waals surface area contributed by atoms with Crippen molar-refractivity contribution in [1.29, 1.82) is 0 Å². The zero-order valence-corrected chi connectivity index (χ0v) is 8.89. The van der Waals surface area contributed by atoms with Crippen LogP contribution in [0.2, 0.25) is 0 Å². The average Bonchev–Trinajstić information content (AvgIpc) is 2.04. The van der Waals surface area contributed by atoms with Crippen LogP contribution in [0.1, 0.15) is 6.92 Å². The Morgan fingerprint density at radius 2 is 2.31 bits per heavy atom. The lowest BCUT2D eigenvalue weighted by Gasteiger charge is -2.05. The predicted molar refractivity (Wildman–Crippen MR) is 56.8 cm³/mol. The summed E-state index contributed by atoms with van der Waals surface area (Å²) in [5.41, 5.74) is 0.778. The van der Waals surface area contributed by atoms with Crippen molar-refractivity contribution in [2.24, 2.45) is 0 Å². The molecule has 70 valence electrons. The Morgan fingerprint density at radius 1 is 1.54 bits per heavy atom. The van der Waals surface area contributed by atoms with E-state index in [1.165, 1.54) is 0 Å². The van der Waals surface area contributed by atoms with E-state index in [0.717, 1.165) is 10.2 Å². The Balaban J connectivity index is 2.58. The Morgan fingerprint density at radius 3 is 2.92 bits per heavy atom.